The molecule has 1 aromatic heterocycles. The van der Waals surface area contributed by atoms with Crippen LogP contribution in [0.4, 0.5) is 0 Å². The van der Waals surface area contributed by atoms with Crippen molar-refractivity contribution < 1.29 is 4.79 Å². The summed E-state index contributed by atoms with van der Waals surface area (Å²) in [7, 11) is 0. The van der Waals surface area contributed by atoms with Crippen molar-refractivity contribution >= 4 is 5.78 Å². The van der Waals surface area contributed by atoms with Gasteiger partial charge < -0.3 is 5.32 Å². The van der Waals surface area contributed by atoms with E-state index in [-0.39, 0.29) is 5.78 Å². The zero-order valence-electron chi connectivity index (χ0n) is 10.1. The van der Waals surface area contributed by atoms with Gasteiger partial charge in [-0.05, 0) is 13.0 Å². The molecule has 5 heteroatoms. The SMILES string of the molecule is CC(=O)c1cccc(-c2cnnn2C2CNC2)c1. The van der Waals surface area contributed by atoms with Crippen molar-refractivity contribution in [1.29, 1.82) is 0 Å². The molecule has 2 heterocycles. The van der Waals surface area contributed by atoms with Gasteiger partial charge in [-0.25, -0.2) is 4.68 Å². The minimum atomic E-state index is 0.0705. The zero-order chi connectivity index (χ0) is 12.5. The average Bonchev–Trinajstić information content (AvgIpc) is 2.76. The quantitative estimate of drug-likeness (QED) is 0.824. The molecule has 1 saturated heterocycles. The molecule has 1 aliphatic rings. The van der Waals surface area contributed by atoms with Crippen LogP contribution in [0.15, 0.2) is 30.5 Å². The minimum absolute atomic E-state index is 0.0705. The van der Waals surface area contributed by atoms with Crippen molar-refractivity contribution in [2.45, 2.75) is 13.0 Å². The maximum Gasteiger partial charge on any atom is 0.159 e. The lowest BCUT2D eigenvalue weighted by atomic mass is 10.1. The first-order valence-electron chi connectivity index (χ1n) is 5.98. The minimum Gasteiger partial charge on any atom is -0.312 e. The summed E-state index contributed by atoms with van der Waals surface area (Å²) in [5.74, 6) is 0.0705. The van der Waals surface area contributed by atoms with Gasteiger partial charge in [0.2, 0.25) is 0 Å². The highest BCUT2D eigenvalue weighted by atomic mass is 16.1. The standard InChI is InChI=1S/C13H14N4O/c1-9(18)10-3-2-4-11(5-10)13-8-15-16-17(13)12-6-14-7-12/h2-5,8,12,14H,6-7H2,1H3. The first-order valence-corrected chi connectivity index (χ1v) is 5.98. The number of carbonyl (C=O) groups is 1. The predicted octanol–water partition coefficient (Wildman–Crippen LogP) is 1.29. The van der Waals surface area contributed by atoms with Crippen LogP contribution in [0, 0.1) is 0 Å². The molecular weight excluding hydrogens is 228 g/mol. The number of rotatable bonds is 3. The molecule has 1 N–H and O–H groups in total. The van der Waals surface area contributed by atoms with E-state index in [0.717, 1.165) is 24.3 Å². The number of nitrogens with zero attached hydrogens (tertiary/aromatic N) is 3. The van der Waals surface area contributed by atoms with Crippen molar-refractivity contribution in [2.24, 2.45) is 0 Å². The number of hydrogen-bond acceptors (Lipinski definition) is 4. The molecule has 1 aliphatic heterocycles. The largest absolute Gasteiger partial charge is 0.312 e. The summed E-state index contributed by atoms with van der Waals surface area (Å²) in [6.07, 6.45) is 1.75. The molecule has 0 saturated carbocycles. The Morgan fingerprint density at radius 2 is 2.28 bits per heavy atom. The second kappa shape index (κ2) is 4.34. The van der Waals surface area contributed by atoms with Gasteiger partial charge in [-0.3, -0.25) is 4.79 Å². The lowest BCUT2D eigenvalue weighted by Gasteiger charge is -2.28. The highest BCUT2D eigenvalue weighted by Gasteiger charge is 2.22. The van der Waals surface area contributed by atoms with Gasteiger partial charge in [0.15, 0.2) is 5.78 Å². The lowest BCUT2D eigenvalue weighted by Crippen LogP contribution is -2.44. The smallest absolute Gasteiger partial charge is 0.159 e. The first kappa shape index (κ1) is 11.1. The summed E-state index contributed by atoms with van der Waals surface area (Å²) < 4.78 is 1.93. The van der Waals surface area contributed by atoms with Crippen LogP contribution in [0.25, 0.3) is 11.3 Å². The molecule has 0 aliphatic carbocycles. The number of carbonyl (C=O) groups excluding carboxylic acids is 1. The number of Topliss-reactive ketones (excluding diaryl/α,β-unsaturated/α-hetero) is 1. The van der Waals surface area contributed by atoms with Gasteiger partial charge in [-0.2, -0.15) is 0 Å². The molecule has 0 atom stereocenters. The Bertz CT molecular complexity index is 586. The molecular formula is C13H14N4O. The van der Waals surface area contributed by atoms with Crippen LogP contribution in [0.1, 0.15) is 23.3 Å². The van der Waals surface area contributed by atoms with Crippen LogP contribution in [-0.2, 0) is 0 Å². The van der Waals surface area contributed by atoms with Crippen LogP contribution >= 0.6 is 0 Å². The fourth-order valence-corrected chi connectivity index (χ4v) is 2.06. The number of hydrogen-bond donors (Lipinski definition) is 1. The number of nitrogens with one attached hydrogen (secondary N) is 1. The molecule has 0 amide bonds. The summed E-state index contributed by atoms with van der Waals surface area (Å²) in [6, 6.07) is 7.95. The molecule has 0 bridgehead atoms. The topological polar surface area (TPSA) is 59.8 Å². The number of benzene rings is 1. The van der Waals surface area contributed by atoms with Crippen LogP contribution < -0.4 is 5.32 Å². The van der Waals surface area contributed by atoms with Gasteiger partial charge in [0.1, 0.15) is 0 Å². The fourth-order valence-electron chi connectivity index (χ4n) is 2.06. The Labute approximate surface area is 105 Å². The number of ketones is 1. The first-order chi connectivity index (χ1) is 8.75. The Kier molecular flexibility index (Phi) is 2.68. The summed E-state index contributed by atoms with van der Waals surface area (Å²) in [5, 5.41) is 11.3. The van der Waals surface area contributed by atoms with Crippen LogP contribution in [-0.4, -0.2) is 33.9 Å². The third-order valence-electron chi connectivity index (χ3n) is 3.25. The van der Waals surface area contributed by atoms with Gasteiger partial charge in [0.25, 0.3) is 0 Å². The third kappa shape index (κ3) is 1.82. The third-order valence-corrected chi connectivity index (χ3v) is 3.25. The van der Waals surface area contributed by atoms with Gasteiger partial charge in [-0.1, -0.05) is 23.4 Å². The van der Waals surface area contributed by atoms with E-state index >= 15 is 0 Å². The normalized spacial score (nSPS) is 15.4. The van der Waals surface area contributed by atoms with E-state index < -0.39 is 0 Å². The molecule has 92 valence electrons. The highest BCUT2D eigenvalue weighted by Crippen LogP contribution is 2.23. The van der Waals surface area contributed by atoms with E-state index in [0.29, 0.717) is 11.6 Å². The molecule has 0 unspecified atom stereocenters. The van der Waals surface area contributed by atoms with E-state index in [9.17, 15) is 4.79 Å². The molecule has 1 fully saturated rings. The Balaban J connectivity index is 2.01. The van der Waals surface area contributed by atoms with E-state index in [1.165, 1.54) is 0 Å². The van der Waals surface area contributed by atoms with Gasteiger partial charge in [0.05, 0.1) is 17.9 Å². The van der Waals surface area contributed by atoms with Crippen molar-refractivity contribution in [2.75, 3.05) is 13.1 Å². The average molecular weight is 242 g/mol. The van der Waals surface area contributed by atoms with E-state index in [4.69, 9.17) is 0 Å². The Morgan fingerprint density at radius 3 is 2.94 bits per heavy atom. The summed E-state index contributed by atoms with van der Waals surface area (Å²) in [5.41, 5.74) is 2.66. The molecule has 3 rings (SSSR count). The fraction of sp³-hybridized carbons (Fsp3) is 0.308. The molecule has 18 heavy (non-hydrogen) atoms. The molecule has 5 nitrogen and oxygen atoms in total. The van der Waals surface area contributed by atoms with E-state index in [1.54, 1.807) is 13.1 Å². The lowest BCUT2D eigenvalue weighted by molar-refractivity contribution is 0.101. The second-order valence-electron chi connectivity index (χ2n) is 4.51. The van der Waals surface area contributed by atoms with Crippen LogP contribution in [0.3, 0.4) is 0 Å². The van der Waals surface area contributed by atoms with Crippen LogP contribution in [0.2, 0.25) is 0 Å². The molecule has 0 spiro atoms. The summed E-state index contributed by atoms with van der Waals surface area (Å²) >= 11 is 0. The van der Waals surface area contributed by atoms with Gasteiger partial charge >= 0.3 is 0 Å². The highest BCUT2D eigenvalue weighted by molar-refractivity contribution is 5.95. The van der Waals surface area contributed by atoms with Crippen LogP contribution in [0.5, 0.6) is 0 Å². The summed E-state index contributed by atoms with van der Waals surface area (Å²) in [4.78, 5) is 11.4. The van der Waals surface area contributed by atoms with Crippen molar-refractivity contribution in [3.05, 3.63) is 36.0 Å². The van der Waals surface area contributed by atoms with E-state index in [1.807, 2.05) is 28.9 Å². The van der Waals surface area contributed by atoms with E-state index in [2.05, 4.69) is 15.6 Å². The second-order valence-corrected chi connectivity index (χ2v) is 4.51. The monoisotopic (exact) mass is 242 g/mol. The molecule has 1 aromatic carbocycles. The van der Waals surface area contributed by atoms with Crippen molar-refractivity contribution in [1.82, 2.24) is 20.3 Å². The summed E-state index contributed by atoms with van der Waals surface area (Å²) in [6.45, 7) is 3.41. The maximum absolute atomic E-state index is 11.4. The zero-order valence-corrected chi connectivity index (χ0v) is 10.1. The molecule has 0 radical (unpaired) electrons. The Morgan fingerprint density at radius 1 is 1.44 bits per heavy atom. The van der Waals surface area contributed by atoms with Crippen molar-refractivity contribution in [3.63, 3.8) is 0 Å². The Hall–Kier alpha value is -2.01. The maximum atomic E-state index is 11.4. The van der Waals surface area contributed by atoms with Gasteiger partial charge in [-0.15, -0.1) is 5.10 Å². The molecule has 2 aromatic rings. The number of aromatic nitrogens is 3. The van der Waals surface area contributed by atoms with Crippen molar-refractivity contribution in [3.8, 4) is 11.3 Å². The predicted molar refractivity (Wildman–Crippen MR) is 67.4 cm³/mol. The van der Waals surface area contributed by atoms with Gasteiger partial charge in [0, 0.05) is 24.2 Å².